The van der Waals surface area contributed by atoms with Crippen molar-refractivity contribution in [2.24, 2.45) is 0 Å². The summed E-state index contributed by atoms with van der Waals surface area (Å²) in [5, 5.41) is 4.95. The zero-order valence-electron chi connectivity index (χ0n) is 14.9. The molecule has 3 aromatic rings. The molecule has 0 bridgehead atoms. The van der Waals surface area contributed by atoms with E-state index >= 15 is 0 Å². The normalized spacial score (nSPS) is 16.9. The average molecular weight is 350 g/mol. The third-order valence-electron chi connectivity index (χ3n) is 5.42. The molecule has 1 N–H and O–H groups in total. The minimum absolute atomic E-state index is 0.572. The summed E-state index contributed by atoms with van der Waals surface area (Å²) in [6, 6.07) is 6.57. The van der Waals surface area contributed by atoms with Crippen molar-refractivity contribution in [2.75, 3.05) is 5.32 Å². The van der Waals surface area contributed by atoms with E-state index in [0.29, 0.717) is 5.92 Å². The lowest BCUT2D eigenvalue weighted by Crippen LogP contribution is -2.04. The number of aryl methyl sites for hydroxylation is 4. The van der Waals surface area contributed by atoms with Crippen LogP contribution in [0, 0.1) is 13.8 Å². The number of thiophene rings is 1. The lowest BCUT2D eigenvalue weighted by molar-refractivity contribution is 0.700. The number of nitrogens with one attached hydrogen (secondary N) is 1. The third kappa shape index (κ3) is 2.73. The lowest BCUT2D eigenvalue weighted by Gasteiger charge is -2.15. The van der Waals surface area contributed by atoms with Crippen LogP contribution < -0.4 is 5.32 Å². The van der Waals surface area contributed by atoms with Gasteiger partial charge in [0.2, 0.25) is 0 Å². The Balaban J connectivity index is 1.69. The van der Waals surface area contributed by atoms with E-state index < -0.39 is 0 Å². The minimum Gasteiger partial charge on any atom is -0.339 e. The van der Waals surface area contributed by atoms with Crippen LogP contribution in [0.2, 0.25) is 0 Å². The van der Waals surface area contributed by atoms with Crippen molar-refractivity contribution in [2.45, 2.75) is 58.3 Å². The van der Waals surface area contributed by atoms with Crippen molar-refractivity contribution >= 4 is 33.1 Å². The summed E-state index contributed by atoms with van der Waals surface area (Å²) in [6.45, 7) is 4.30. The maximum atomic E-state index is 4.99. The summed E-state index contributed by atoms with van der Waals surface area (Å²) in [7, 11) is 0. The molecule has 1 fully saturated rings. The van der Waals surface area contributed by atoms with Gasteiger partial charge in [-0.15, -0.1) is 11.3 Å². The van der Waals surface area contributed by atoms with Crippen LogP contribution in [0.3, 0.4) is 0 Å². The molecule has 2 aromatic heterocycles. The molecule has 0 saturated heterocycles. The largest absolute Gasteiger partial charge is 0.339 e. The molecule has 2 heterocycles. The van der Waals surface area contributed by atoms with E-state index in [0.717, 1.165) is 17.3 Å². The highest BCUT2D eigenvalue weighted by atomic mass is 32.1. The standard InChI is InChI=1S/C21H23N3S/c1-12-7-8-13(2)16(11-12)22-20-18-15-5-3-4-6-17(15)25-21(18)24-19(23-20)14-9-10-14/h7-8,11,14H,3-6,9-10H2,1-2H3,(H,22,23,24). The summed E-state index contributed by atoms with van der Waals surface area (Å²) in [5.74, 6) is 2.64. The fourth-order valence-electron chi connectivity index (χ4n) is 3.79. The monoisotopic (exact) mass is 349 g/mol. The quantitative estimate of drug-likeness (QED) is 0.648. The highest BCUT2D eigenvalue weighted by molar-refractivity contribution is 7.19. The molecule has 2 aliphatic carbocycles. The predicted molar refractivity (Wildman–Crippen MR) is 105 cm³/mol. The van der Waals surface area contributed by atoms with Crippen LogP contribution in [0.5, 0.6) is 0 Å². The van der Waals surface area contributed by atoms with Crippen LogP contribution >= 0.6 is 11.3 Å². The first-order valence-corrected chi connectivity index (χ1v) is 10.2. The second-order valence-corrected chi connectivity index (χ2v) is 8.62. The van der Waals surface area contributed by atoms with Crippen molar-refractivity contribution in [3.63, 3.8) is 0 Å². The van der Waals surface area contributed by atoms with Gasteiger partial charge in [-0.2, -0.15) is 0 Å². The molecule has 0 radical (unpaired) electrons. The number of hydrogen-bond acceptors (Lipinski definition) is 4. The molecule has 2 aliphatic rings. The highest BCUT2D eigenvalue weighted by Gasteiger charge is 2.29. The second-order valence-electron chi connectivity index (χ2n) is 7.54. The average Bonchev–Trinajstić information content (AvgIpc) is 3.38. The Morgan fingerprint density at radius 3 is 2.76 bits per heavy atom. The first-order valence-electron chi connectivity index (χ1n) is 9.35. The first-order chi connectivity index (χ1) is 12.2. The summed E-state index contributed by atoms with van der Waals surface area (Å²) in [4.78, 5) is 12.7. The Morgan fingerprint density at radius 1 is 1.08 bits per heavy atom. The number of hydrogen-bond donors (Lipinski definition) is 1. The molecular weight excluding hydrogens is 326 g/mol. The van der Waals surface area contributed by atoms with Gasteiger partial charge in [0.05, 0.1) is 5.39 Å². The molecule has 0 unspecified atom stereocenters. The minimum atomic E-state index is 0.572. The number of benzene rings is 1. The van der Waals surface area contributed by atoms with Crippen LogP contribution in [0.4, 0.5) is 11.5 Å². The summed E-state index contributed by atoms with van der Waals surface area (Å²) < 4.78 is 0. The molecular formula is C21H23N3S. The van der Waals surface area contributed by atoms with E-state index in [1.54, 1.807) is 0 Å². The number of aromatic nitrogens is 2. The SMILES string of the molecule is Cc1ccc(C)c(Nc2nc(C3CC3)nc3sc4c(c23)CCCC4)c1. The van der Waals surface area contributed by atoms with Gasteiger partial charge in [-0.3, -0.25) is 0 Å². The first kappa shape index (κ1) is 15.3. The Bertz CT molecular complexity index is 969. The molecule has 3 nitrogen and oxygen atoms in total. The fourth-order valence-corrected chi connectivity index (χ4v) is 5.05. The zero-order chi connectivity index (χ0) is 17.0. The van der Waals surface area contributed by atoms with Gasteiger partial charge in [0, 0.05) is 16.5 Å². The molecule has 5 rings (SSSR count). The topological polar surface area (TPSA) is 37.8 Å². The third-order valence-corrected chi connectivity index (χ3v) is 6.61. The van der Waals surface area contributed by atoms with Crippen LogP contribution in [-0.2, 0) is 12.8 Å². The molecule has 0 spiro atoms. The number of fused-ring (bicyclic) bond motifs is 3. The zero-order valence-corrected chi connectivity index (χ0v) is 15.7. The van der Waals surface area contributed by atoms with E-state index in [4.69, 9.17) is 9.97 Å². The summed E-state index contributed by atoms with van der Waals surface area (Å²) >= 11 is 1.90. The van der Waals surface area contributed by atoms with Crippen molar-refractivity contribution in [1.29, 1.82) is 0 Å². The molecule has 25 heavy (non-hydrogen) atoms. The second kappa shape index (κ2) is 5.80. The van der Waals surface area contributed by atoms with Gasteiger partial charge in [0.25, 0.3) is 0 Å². The van der Waals surface area contributed by atoms with Crippen LogP contribution in [0.25, 0.3) is 10.2 Å². The Morgan fingerprint density at radius 2 is 1.92 bits per heavy atom. The van der Waals surface area contributed by atoms with Gasteiger partial charge in [-0.1, -0.05) is 12.1 Å². The molecule has 4 heteroatoms. The predicted octanol–water partition coefficient (Wildman–Crippen LogP) is 5.81. The maximum Gasteiger partial charge on any atom is 0.143 e. The maximum absolute atomic E-state index is 4.99. The summed E-state index contributed by atoms with van der Waals surface area (Å²) in [5.41, 5.74) is 5.20. The van der Waals surface area contributed by atoms with Gasteiger partial charge in [-0.25, -0.2) is 9.97 Å². The van der Waals surface area contributed by atoms with Gasteiger partial charge in [0.1, 0.15) is 16.5 Å². The molecule has 0 atom stereocenters. The highest BCUT2D eigenvalue weighted by Crippen LogP contribution is 2.44. The lowest BCUT2D eigenvalue weighted by atomic mass is 9.97. The number of rotatable bonds is 3. The Hall–Kier alpha value is -1.94. The summed E-state index contributed by atoms with van der Waals surface area (Å²) in [6.07, 6.45) is 7.44. The number of nitrogens with zero attached hydrogens (tertiary/aromatic N) is 2. The van der Waals surface area contributed by atoms with E-state index in [9.17, 15) is 0 Å². The molecule has 1 saturated carbocycles. The van der Waals surface area contributed by atoms with Gasteiger partial charge >= 0.3 is 0 Å². The van der Waals surface area contributed by atoms with Gasteiger partial charge in [-0.05, 0) is 75.1 Å². The van der Waals surface area contributed by atoms with Crippen molar-refractivity contribution in [1.82, 2.24) is 9.97 Å². The van der Waals surface area contributed by atoms with Gasteiger partial charge in [0.15, 0.2) is 0 Å². The van der Waals surface area contributed by atoms with Crippen LogP contribution in [0.1, 0.15) is 59.0 Å². The van der Waals surface area contributed by atoms with E-state index in [-0.39, 0.29) is 0 Å². The van der Waals surface area contributed by atoms with Crippen molar-refractivity contribution < 1.29 is 0 Å². The van der Waals surface area contributed by atoms with Crippen molar-refractivity contribution in [3.8, 4) is 0 Å². The van der Waals surface area contributed by atoms with Crippen molar-refractivity contribution in [3.05, 3.63) is 45.6 Å². The van der Waals surface area contributed by atoms with E-state index in [1.165, 1.54) is 70.3 Å². The Kier molecular flexibility index (Phi) is 3.56. The van der Waals surface area contributed by atoms with Crippen LogP contribution in [-0.4, -0.2) is 9.97 Å². The smallest absolute Gasteiger partial charge is 0.143 e. The molecule has 0 aliphatic heterocycles. The molecule has 128 valence electrons. The molecule has 1 aromatic carbocycles. The number of anilines is 2. The fraction of sp³-hybridized carbons (Fsp3) is 0.429. The van der Waals surface area contributed by atoms with E-state index in [1.807, 2.05) is 11.3 Å². The van der Waals surface area contributed by atoms with Gasteiger partial charge < -0.3 is 5.32 Å². The Labute approximate surface area is 152 Å². The van der Waals surface area contributed by atoms with Crippen LogP contribution in [0.15, 0.2) is 18.2 Å². The van der Waals surface area contributed by atoms with E-state index in [2.05, 4.69) is 37.4 Å². The molecule has 0 amide bonds.